The highest BCUT2D eigenvalue weighted by Crippen LogP contribution is 2.28. The second-order valence-corrected chi connectivity index (χ2v) is 9.84. The third-order valence-electron chi connectivity index (χ3n) is 4.74. The molecule has 0 saturated heterocycles. The first-order valence-electron chi connectivity index (χ1n) is 9.27. The molecular formula is C22H19FN2O3S2. The number of sulfone groups is 1. The van der Waals surface area contributed by atoms with Crippen molar-refractivity contribution in [1.82, 2.24) is 9.88 Å². The van der Waals surface area contributed by atoms with Gasteiger partial charge in [0, 0.05) is 27.5 Å². The number of carbonyl (C=O) groups excluding carboxylic acids is 1. The van der Waals surface area contributed by atoms with Crippen LogP contribution in [-0.2, 0) is 33.5 Å². The Morgan fingerprint density at radius 2 is 1.80 bits per heavy atom. The molecule has 30 heavy (non-hydrogen) atoms. The van der Waals surface area contributed by atoms with Crippen molar-refractivity contribution in [2.75, 3.05) is 0 Å². The quantitative estimate of drug-likeness (QED) is 0.468. The first-order valence-corrected chi connectivity index (χ1v) is 11.8. The molecule has 154 valence electrons. The number of nitrogens with zero attached hydrogens (tertiary/aromatic N) is 1. The second kappa shape index (κ2) is 8.41. The summed E-state index contributed by atoms with van der Waals surface area (Å²) >= 11 is 1.55. The number of para-hydroxylation sites is 1. The lowest BCUT2D eigenvalue weighted by atomic mass is 10.2. The molecule has 4 aromatic rings. The first-order chi connectivity index (χ1) is 14.4. The van der Waals surface area contributed by atoms with Gasteiger partial charge in [0.25, 0.3) is 0 Å². The Morgan fingerprint density at radius 3 is 2.57 bits per heavy atom. The van der Waals surface area contributed by atoms with Crippen LogP contribution in [0.15, 0.2) is 77.1 Å². The van der Waals surface area contributed by atoms with Crippen molar-refractivity contribution in [3.8, 4) is 0 Å². The molecule has 0 fully saturated rings. The van der Waals surface area contributed by atoms with Crippen LogP contribution in [-0.4, -0.2) is 18.9 Å². The molecule has 4 rings (SSSR count). The number of benzene rings is 2. The highest BCUT2D eigenvalue weighted by atomic mass is 32.2. The van der Waals surface area contributed by atoms with Gasteiger partial charge < -0.3 is 9.88 Å². The van der Waals surface area contributed by atoms with E-state index in [1.807, 2.05) is 17.5 Å². The molecule has 0 spiro atoms. The summed E-state index contributed by atoms with van der Waals surface area (Å²) in [7, 11) is -3.82. The molecule has 0 unspecified atom stereocenters. The van der Waals surface area contributed by atoms with Gasteiger partial charge in [0.05, 0.1) is 17.2 Å². The van der Waals surface area contributed by atoms with E-state index in [1.54, 1.807) is 46.2 Å². The number of hydrogen-bond acceptors (Lipinski definition) is 4. The number of nitrogens with one attached hydrogen (secondary N) is 1. The monoisotopic (exact) mass is 442 g/mol. The zero-order valence-corrected chi connectivity index (χ0v) is 17.5. The van der Waals surface area contributed by atoms with Gasteiger partial charge in [0.15, 0.2) is 9.84 Å². The van der Waals surface area contributed by atoms with Crippen molar-refractivity contribution in [2.24, 2.45) is 0 Å². The molecule has 0 saturated carbocycles. The molecule has 2 aromatic carbocycles. The Labute approximate surface area is 177 Å². The number of halogens is 1. The van der Waals surface area contributed by atoms with E-state index in [1.165, 1.54) is 24.4 Å². The Bertz CT molecular complexity index is 1300. The molecule has 5 nitrogen and oxygen atoms in total. The molecule has 1 N–H and O–H groups in total. The number of carbonyl (C=O) groups is 1. The van der Waals surface area contributed by atoms with Gasteiger partial charge in [-0.05, 0) is 23.6 Å². The van der Waals surface area contributed by atoms with Crippen LogP contribution < -0.4 is 5.32 Å². The van der Waals surface area contributed by atoms with Crippen LogP contribution in [0, 0.1) is 5.82 Å². The normalized spacial score (nSPS) is 11.6. The van der Waals surface area contributed by atoms with Crippen molar-refractivity contribution in [2.45, 2.75) is 23.7 Å². The fraction of sp³-hybridized carbons (Fsp3) is 0.136. The third-order valence-corrected chi connectivity index (χ3v) is 7.31. The Kier molecular flexibility index (Phi) is 5.69. The van der Waals surface area contributed by atoms with E-state index < -0.39 is 21.4 Å². The van der Waals surface area contributed by atoms with Crippen LogP contribution in [0.5, 0.6) is 0 Å². The number of amides is 1. The van der Waals surface area contributed by atoms with Crippen LogP contribution in [0.2, 0.25) is 0 Å². The van der Waals surface area contributed by atoms with Crippen LogP contribution in [0.4, 0.5) is 4.39 Å². The highest BCUT2D eigenvalue weighted by molar-refractivity contribution is 7.90. The Hall–Kier alpha value is -2.97. The van der Waals surface area contributed by atoms with Crippen molar-refractivity contribution < 1.29 is 17.6 Å². The van der Waals surface area contributed by atoms with E-state index in [2.05, 4.69) is 5.32 Å². The van der Waals surface area contributed by atoms with E-state index >= 15 is 0 Å². The minimum absolute atomic E-state index is 0.0128. The highest BCUT2D eigenvalue weighted by Gasteiger charge is 2.23. The summed E-state index contributed by atoms with van der Waals surface area (Å²) in [6.45, 7) is 0.412. The minimum Gasteiger partial charge on any atom is -0.350 e. The molecule has 2 aromatic heterocycles. The molecule has 1 amide bonds. The fourth-order valence-electron chi connectivity index (χ4n) is 3.30. The Balaban J connectivity index is 1.62. The molecule has 8 heteroatoms. The van der Waals surface area contributed by atoms with Crippen LogP contribution in [0.1, 0.15) is 10.4 Å². The van der Waals surface area contributed by atoms with Gasteiger partial charge in [-0.15, -0.1) is 11.3 Å². The van der Waals surface area contributed by atoms with Crippen LogP contribution >= 0.6 is 11.3 Å². The molecule has 0 aliphatic rings. The van der Waals surface area contributed by atoms with Crippen molar-refractivity contribution in [3.63, 3.8) is 0 Å². The smallest absolute Gasteiger partial charge is 0.240 e. The maximum Gasteiger partial charge on any atom is 0.240 e. The number of thiophene rings is 1. The molecular weight excluding hydrogens is 423 g/mol. The number of fused-ring (bicyclic) bond motifs is 1. The van der Waals surface area contributed by atoms with E-state index in [4.69, 9.17) is 0 Å². The average Bonchev–Trinajstić information content (AvgIpc) is 3.37. The van der Waals surface area contributed by atoms with Crippen LogP contribution in [0.3, 0.4) is 0 Å². The molecule has 0 aliphatic heterocycles. The zero-order chi connectivity index (χ0) is 21.1. The van der Waals surface area contributed by atoms with Crippen molar-refractivity contribution in [1.29, 1.82) is 0 Å². The van der Waals surface area contributed by atoms with Crippen LogP contribution in [0.25, 0.3) is 10.9 Å². The summed E-state index contributed by atoms with van der Waals surface area (Å²) in [6, 6.07) is 16.7. The topological polar surface area (TPSA) is 68.2 Å². The predicted molar refractivity (Wildman–Crippen MR) is 115 cm³/mol. The van der Waals surface area contributed by atoms with Gasteiger partial charge in [-0.3, -0.25) is 4.79 Å². The maximum absolute atomic E-state index is 14.0. The van der Waals surface area contributed by atoms with E-state index in [-0.39, 0.29) is 22.9 Å². The summed E-state index contributed by atoms with van der Waals surface area (Å²) in [4.78, 5) is 13.5. The Morgan fingerprint density at radius 1 is 1.03 bits per heavy atom. The molecule has 0 radical (unpaired) electrons. The molecule has 2 heterocycles. The molecule has 0 bridgehead atoms. The SMILES string of the molecule is O=C(Cn1cc(S(=O)(=O)Cc2ccccc2F)c2ccccc21)NCc1cccs1. The van der Waals surface area contributed by atoms with Gasteiger partial charge in [-0.2, -0.15) is 0 Å². The number of hydrogen-bond donors (Lipinski definition) is 1. The van der Waals surface area contributed by atoms with Gasteiger partial charge in [0.1, 0.15) is 12.4 Å². The second-order valence-electron chi connectivity index (χ2n) is 6.84. The summed E-state index contributed by atoms with van der Waals surface area (Å²) < 4.78 is 41.8. The zero-order valence-electron chi connectivity index (χ0n) is 15.9. The minimum atomic E-state index is -3.82. The standard InChI is InChI=1S/C22H19FN2O3S2/c23-19-9-3-1-6-16(19)15-30(27,28)21-13-25(20-10-4-2-8-18(20)21)14-22(26)24-12-17-7-5-11-29-17/h1-11,13H,12,14-15H2,(H,24,26). The lowest BCUT2D eigenvalue weighted by Gasteiger charge is -2.06. The third kappa shape index (κ3) is 4.29. The van der Waals surface area contributed by atoms with E-state index in [0.717, 1.165) is 4.88 Å². The number of rotatable bonds is 7. The van der Waals surface area contributed by atoms with E-state index in [9.17, 15) is 17.6 Å². The average molecular weight is 443 g/mol. The number of aromatic nitrogens is 1. The summed E-state index contributed by atoms with van der Waals surface area (Å²) in [5.41, 5.74) is 0.749. The van der Waals surface area contributed by atoms with Gasteiger partial charge >= 0.3 is 0 Å². The molecule has 0 aliphatic carbocycles. The van der Waals surface area contributed by atoms with E-state index in [0.29, 0.717) is 17.4 Å². The predicted octanol–water partition coefficient (Wildman–Crippen LogP) is 4.13. The van der Waals surface area contributed by atoms with Gasteiger partial charge in [0.2, 0.25) is 5.91 Å². The lowest BCUT2D eigenvalue weighted by molar-refractivity contribution is -0.121. The molecule has 0 atom stereocenters. The summed E-state index contributed by atoms with van der Waals surface area (Å²) in [5.74, 6) is -1.22. The fourth-order valence-corrected chi connectivity index (χ4v) is 5.54. The summed E-state index contributed by atoms with van der Waals surface area (Å²) in [6.07, 6.45) is 1.46. The van der Waals surface area contributed by atoms with Gasteiger partial charge in [-0.1, -0.05) is 42.5 Å². The largest absolute Gasteiger partial charge is 0.350 e. The van der Waals surface area contributed by atoms with Crippen molar-refractivity contribution >= 4 is 38.0 Å². The lowest BCUT2D eigenvalue weighted by Crippen LogP contribution is -2.26. The summed E-state index contributed by atoms with van der Waals surface area (Å²) in [5, 5.41) is 5.30. The maximum atomic E-state index is 14.0. The van der Waals surface area contributed by atoms with Crippen molar-refractivity contribution in [3.05, 3.63) is 88.5 Å². The van der Waals surface area contributed by atoms with Gasteiger partial charge in [-0.25, -0.2) is 12.8 Å². The first kappa shape index (κ1) is 20.3.